The summed E-state index contributed by atoms with van der Waals surface area (Å²) in [6.45, 7) is 4.54. The zero-order chi connectivity index (χ0) is 13.1. The van der Waals surface area contributed by atoms with E-state index in [1.54, 1.807) is 6.20 Å². The summed E-state index contributed by atoms with van der Waals surface area (Å²) in [6.07, 6.45) is 6.36. The van der Waals surface area contributed by atoms with E-state index in [-0.39, 0.29) is 5.54 Å². The van der Waals surface area contributed by atoms with Gasteiger partial charge in [-0.1, -0.05) is 5.21 Å². The van der Waals surface area contributed by atoms with Gasteiger partial charge in [0.25, 0.3) is 0 Å². The van der Waals surface area contributed by atoms with Crippen molar-refractivity contribution in [2.24, 2.45) is 0 Å². The average Bonchev–Trinajstić information content (AvgIpc) is 2.93. The van der Waals surface area contributed by atoms with Gasteiger partial charge in [-0.3, -0.25) is 0 Å². The summed E-state index contributed by atoms with van der Waals surface area (Å²) in [5.74, 6) is 0. The second-order valence-electron chi connectivity index (χ2n) is 6.63. The van der Waals surface area contributed by atoms with Crippen molar-refractivity contribution in [1.82, 2.24) is 30.5 Å². The third-order valence-corrected chi connectivity index (χ3v) is 4.32. The number of hydrogen-bond acceptors (Lipinski definition) is 5. The maximum Gasteiger partial charge on any atom is 0.201 e. The van der Waals surface area contributed by atoms with Gasteiger partial charge in [0.15, 0.2) is 0 Å². The molecule has 6 nitrogen and oxygen atoms in total. The Balaban J connectivity index is 1.75. The van der Waals surface area contributed by atoms with Gasteiger partial charge >= 0.3 is 0 Å². The van der Waals surface area contributed by atoms with E-state index in [4.69, 9.17) is 0 Å². The van der Waals surface area contributed by atoms with Crippen LogP contribution in [0, 0.1) is 0 Å². The van der Waals surface area contributed by atoms with Crippen molar-refractivity contribution in [1.29, 1.82) is 0 Å². The SMILES string of the molecule is CC1(C)C[C@@H](n2nnc3ccnnc32)CC2(CC2)N1. The monoisotopic (exact) mass is 258 g/mol. The lowest BCUT2D eigenvalue weighted by atomic mass is 9.84. The first kappa shape index (κ1) is 11.3. The zero-order valence-corrected chi connectivity index (χ0v) is 11.3. The maximum atomic E-state index is 4.31. The molecule has 1 spiro atoms. The standard InChI is InChI=1S/C13H18N6/c1-12(2)7-9(8-13(17-12)4-5-13)19-11-10(15-18-19)3-6-14-16-11/h3,6,9,17H,4-5,7-8H2,1-2H3/t9-/m1/s1. The van der Waals surface area contributed by atoms with Crippen LogP contribution < -0.4 is 5.32 Å². The molecule has 1 aliphatic carbocycles. The van der Waals surface area contributed by atoms with Gasteiger partial charge in [0.1, 0.15) is 5.52 Å². The molecule has 2 aliphatic rings. The normalized spacial score (nSPS) is 27.8. The molecule has 0 bridgehead atoms. The molecule has 1 saturated carbocycles. The lowest BCUT2D eigenvalue weighted by Crippen LogP contribution is -2.54. The molecular formula is C13H18N6. The predicted octanol–water partition coefficient (Wildman–Crippen LogP) is 1.46. The van der Waals surface area contributed by atoms with Gasteiger partial charge in [-0.25, -0.2) is 4.68 Å². The van der Waals surface area contributed by atoms with Crippen molar-refractivity contribution in [2.45, 2.75) is 56.7 Å². The van der Waals surface area contributed by atoms with E-state index < -0.39 is 0 Å². The summed E-state index contributed by atoms with van der Waals surface area (Å²) in [6, 6.07) is 2.23. The highest BCUT2D eigenvalue weighted by atomic mass is 15.5. The van der Waals surface area contributed by atoms with Crippen LogP contribution in [-0.4, -0.2) is 36.3 Å². The summed E-state index contributed by atoms with van der Waals surface area (Å²) < 4.78 is 1.98. The van der Waals surface area contributed by atoms with Crippen LogP contribution >= 0.6 is 0 Å². The third-order valence-electron chi connectivity index (χ3n) is 4.32. The molecule has 2 aromatic rings. The van der Waals surface area contributed by atoms with Crippen molar-refractivity contribution < 1.29 is 0 Å². The Kier molecular flexibility index (Phi) is 2.08. The molecule has 0 unspecified atom stereocenters. The van der Waals surface area contributed by atoms with Gasteiger partial charge in [0.2, 0.25) is 5.65 Å². The quantitative estimate of drug-likeness (QED) is 0.838. The largest absolute Gasteiger partial charge is 0.306 e. The molecule has 0 radical (unpaired) electrons. The highest BCUT2D eigenvalue weighted by Crippen LogP contribution is 2.49. The minimum absolute atomic E-state index is 0.139. The van der Waals surface area contributed by atoms with E-state index in [1.807, 2.05) is 10.7 Å². The summed E-state index contributed by atoms with van der Waals surface area (Å²) in [4.78, 5) is 0. The maximum absolute atomic E-state index is 4.31. The van der Waals surface area contributed by atoms with Crippen LogP contribution in [0.4, 0.5) is 0 Å². The molecule has 4 rings (SSSR count). The van der Waals surface area contributed by atoms with Crippen molar-refractivity contribution in [3.05, 3.63) is 12.3 Å². The first-order valence-electron chi connectivity index (χ1n) is 6.89. The molecule has 6 heteroatoms. The molecule has 2 fully saturated rings. The van der Waals surface area contributed by atoms with Gasteiger partial charge in [-0.15, -0.1) is 10.2 Å². The highest BCUT2D eigenvalue weighted by molar-refractivity contribution is 5.68. The fraction of sp³-hybridized carbons (Fsp3) is 0.692. The molecular weight excluding hydrogens is 240 g/mol. The molecule has 1 atom stereocenters. The first-order valence-corrected chi connectivity index (χ1v) is 6.89. The van der Waals surface area contributed by atoms with Crippen molar-refractivity contribution in [3.8, 4) is 0 Å². The second-order valence-corrected chi connectivity index (χ2v) is 6.63. The van der Waals surface area contributed by atoms with E-state index in [0.717, 1.165) is 24.0 Å². The number of nitrogens with zero attached hydrogens (tertiary/aromatic N) is 5. The molecule has 100 valence electrons. The van der Waals surface area contributed by atoms with Crippen molar-refractivity contribution in [3.63, 3.8) is 0 Å². The smallest absolute Gasteiger partial charge is 0.201 e. The van der Waals surface area contributed by atoms with Gasteiger partial charge < -0.3 is 5.32 Å². The number of aromatic nitrogens is 5. The van der Waals surface area contributed by atoms with E-state index in [2.05, 4.69) is 39.7 Å². The highest BCUT2D eigenvalue weighted by Gasteiger charge is 2.51. The molecule has 1 N–H and O–H groups in total. The van der Waals surface area contributed by atoms with Crippen molar-refractivity contribution >= 4 is 11.2 Å². The number of hydrogen-bond donors (Lipinski definition) is 1. The molecule has 19 heavy (non-hydrogen) atoms. The molecule has 1 aliphatic heterocycles. The Hall–Kier alpha value is -1.56. The number of piperidine rings is 1. The minimum Gasteiger partial charge on any atom is -0.306 e. The summed E-state index contributed by atoms with van der Waals surface area (Å²) in [5.41, 5.74) is 2.10. The van der Waals surface area contributed by atoms with Gasteiger partial charge in [-0.05, 0) is 45.6 Å². The second kappa shape index (κ2) is 3.50. The summed E-state index contributed by atoms with van der Waals surface area (Å²) in [5, 5.41) is 20.5. The lowest BCUT2D eigenvalue weighted by molar-refractivity contribution is 0.163. The number of nitrogens with one attached hydrogen (secondary N) is 1. The third kappa shape index (κ3) is 1.82. The van der Waals surface area contributed by atoms with Crippen LogP contribution in [0.1, 0.15) is 45.6 Å². The molecule has 2 aromatic heterocycles. The molecule has 0 amide bonds. The van der Waals surface area contributed by atoms with Crippen molar-refractivity contribution in [2.75, 3.05) is 0 Å². The average molecular weight is 258 g/mol. The minimum atomic E-state index is 0.139. The van der Waals surface area contributed by atoms with E-state index >= 15 is 0 Å². The Morgan fingerprint density at radius 3 is 2.89 bits per heavy atom. The van der Waals surface area contributed by atoms with Crippen LogP contribution in [0.3, 0.4) is 0 Å². The van der Waals surface area contributed by atoms with E-state index in [1.165, 1.54) is 12.8 Å². The van der Waals surface area contributed by atoms with E-state index in [9.17, 15) is 0 Å². The Morgan fingerprint density at radius 1 is 1.26 bits per heavy atom. The Morgan fingerprint density at radius 2 is 2.11 bits per heavy atom. The van der Waals surface area contributed by atoms with Crippen LogP contribution in [0.2, 0.25) is 0 Å². The molecule has 1 saturated heterocycles. The van der Waals surface area contributed by atoms with Gasteiger partial charge in [-0.2, -0.15) is 5.10 Å². The predicted molar refractivity (Wildman–Crippen MR) is 70.6 cm³/mol. The first-order chi connectivity index (χ1) is 9.07. The van der Waals surface area contributed by atoms with E-state index in [0.29, 0.717) is 11.6 Å². The Labute approximate surface area is 111 Å². The molecule has 0 aromatic carbocycles. The van der Waals surface area contributed by atoms with Crippen LogP contribution in [0.25, 0.3) is 11.2 Å². The lowest BCUT2D eigenvalue weighted by Gasteiger charge is -2.42. The fourth-order valence-corrected chi connectivity index (χ4v) is 3.53. The van der Waals surface area contributed by atoms with Gasteiger partial charge in [0, 0.05) is 11.1 Å². The topological polar surface area (TPSA) is 68.5 Å². The fourth-order valence-electron chi connectivity index (χ4n) is 3.53. The zero-order valence-electron chi connectivity index (χ0n) is 11.3. The van der Waals surface area contributed by atoms with Gasteiger partial charge in [0.05, 0.1) is 12.2 Å². The summed E-state index contributed by atoms with van der Waals surface area (Å²) >= 11 is 0. The molecule has 3 heterocycles. The summed E-state index contributed by atoms with van der Waals surface area (Å²) in [7, 11) is 0. The van der Waals surface area contributed by atoms with Crippen LogP contribution in [0.5, 0.6) is 0 Å². The van der Waals surface area contributed by atoms with Crippen LogP contribution in [-0.2, 0) is 0 Å². The Bertz CT molecular complexity index is 621. The van der Waals surface area contributed by atoms with Crippen LogP contribution in [0.15, 0.2) is 12.3 Å². The number of rotatable bonds is 1. The number of fused-ring (bicyclic) bond motifs is 1.